The van der Waals surface area contributed by atoms with Crippen LogP contribution in [-0.2, 0) is 4.79 Å². The van der Waals surface area contributed by atoms with Gasteiger partial charge in [0.15, 0.2) is 17.5 Å². The molecule has 1 aromatic carbocycles. The number of rotatable bonds is 12. The van der Waals surface area contributed by atoms with E-state index < -0.39 is 5.41 Å². The van der Waals surface area contributed by atoms with Crippen molar-refractivity contribution in [1.29, 1.82) is 0 Å². The van der Waals surface area contributed by atoms with E-state index in [-0.39, 0.29) is 35.9 Å². The molecular weight excluding hydrogens is 507 g/mol. The minimum atomic E-state index is -0.545. The summed E-state index contributed by atoms with van der Waals surface area (Å²) in [6.07, 6.45) is 1.88. The Morgan fingerprint density at radius 1 is 1.06 bits per heavy atom. The zero-order valence-electron chi connectivity index (χ0n) is 20.1. The molecule has 0 aliphatic rings. The van der Waals surface area contributed by atoms with E-state index in [1.807, 2.05) is 39.0 Å². The van der Waals surface area contributed by atoms with Gasteiger partial charge in [-0.15, -0.1) is 24.0 Å². The fourth-order valence-corrected chi connectivity index (χ4v) is 2.72. The SMILES string of the molecule is CCCOc1ccc(C(C)NC(=NC)NCC(C)(C)C(=O)NCC)cc1OCCC.I. The third-order valence-electron chi connectivity index (χ3n) is 4.62. The number of halogens is 1. The molecule has 0 aliphatic carbocycles. The van der Waals surface area contributed by atoms with Crippen LogP contribution in [0.1, 0.15) is 66.0 Å². The first kappa shape index (κ1) is 29.3. The second-order valence-corrected chi connectivity index (χ2v) is 7.94. The zero-order chi connectivity index (χ0) is 22.6. The van der Waals surface area contributed by atoms with E-state index in [1.165, 1.54) is 0 Å². The van der Waals surface area contributed by atoms with Crippen LogP contribution >= 0.6 is 24.0 Å². The Morgan fingerprint density at radius 2 is 1.68 bits per heavy atom. The van der Waals surface area contributed by atoms with Crippen molar-refractivity contribution in [3.8, 4) is 11.5 Å². The van der Waals surface area contributed by atoms with E-state index in [2.05, 4.69) is 41.7 Å². The molecule has 0 aromatic heterocycles. The summed E-state index contributed by atoms with van der Waals surface area (Å²) in [5.74, 6) is 2.19. The molecule has 178 valence electrons. The summed E-state index contributed by atoms with van der Waals surface area (Å²) in [6.45, 7) is 14.4. The van der Waals surface area contributed by atoms with Crippen molar-refractivity contribution in [2.45, 2.75) is 60.4 Å². The molecule has 7 nitrogen and oxygen atoms in total. The Labute approximate surface area is 205 Å². The van der Waals surface area contributed by atoms with Crippen LogP contribution in [0.5, 0.6) is 11.5 Å². The normalized spacial score (nSPS) is 12.4. The number of benzene rings is 1. The quantitative estimate of drug-likeness (QED) is 0.207. The van der Waals surface area contributed by atoms with Gasteiger partial charge in [-0.2, -0.15) is 0 Å². The summed E-state index contributed by atoms with van der Waals surface area (Å²) in [4.78, 5) is 16.5. The average Bonchev–Trinajstić information content (AvgIpc) is 2.73. The molecule has 0 spiro atoms. The summed E-state index contributed by atoms with van der Waals surface area (Å²) in [7, 11) is 1.72. The number of ether oxygens (including phenoxy) is 2. The van der Waals surface area contributed by atoms with E-state index in [9.17, 15) is 4.79 Å². The molecule has 0 saturated carbocycles. The number of hydrogen-bond donors (Lipinski definition) is 3. The average molecular weight is 549 g/mol. The Kier molecular flexibility index (Phi) is 14.3. The van der Waals surface area contributed by atoms with Gasteiger partial charge in [-0.3, -0.25) is 9.79 Å². The Bertz CT molecular complexity index is 695. The minimum absolute atomic E-state index is 0. The van der Waals surface area contributed by atoms with E-state index >= 15 is 0 Å². The molecule has 0 heterocycles. The summed E-state index contributed by atoms with van der Waals surface area (Å²) >= 11 is 0. The fourth-order valence-electron chi connectivity index (χ4n) is 2.72. The molecule has 31 heavy (non-hydrogen) atoms. The molecule has 1 rings (SSSR count). The van der Waals surface area contributed by atoms with Crippen LogP contribution in [0.15, 0.2) is 23.2 Å². The molecular formula is C23H41IN4O3. The highest BCUT2D eigenvalue weighted by Crippen LogP contribution is 2.31. The van der Waals surface area contributed by atoms with Crippen LogP contribution < -0.4 is 25.4 Å². The van der Waals surface area contributed by atoms with Crippen LogP contribution in [0.2, 0.25) is 0 Å². The van der Waals surface area contributed by atoms with E-state index in [0.717, 1.165) is 29.9 Å². The molecule has 0 fully saturated rings. The van der Waals surface area contributed by atoms with Gasteiger partial charge in [0.2, 0.25) is 5.91 Å². The minimum Gasteiger partial charge on any atom is -0.490 e. The van der Waals surface area contributed by atoms with Gasteiger partial charge < -0.3 is 25.4 Å². The second-order valence-electron chi connectivity index (χ2n) is 7.94. The van der Waals surface area contributed by atoms with Crippen molar-refractivity contribution in [1.82, 2.24) is 16.0 Å². The molecule has 0 saturated heterocycles. The lowest BCUT2D eigenvalue weighted by atomic mass is 9.92. The van der Waals surface area contributed by atoms with Gasteiger partial charge >= 0.3 is 0 Å². The number of carbonyl (C=O) groups excluding carboxylic acids is 1. The third-order valence-corrected chi connectivity index (χ3v) is 4.62. The molecule has 1 unspecified atom stereocenters. The lowest BCUT2D eigenvalue weighted by Crippen LogP contribution is -2.48. The maximum atomic E-state index is 12.2. The number of nitrogens with one attached hydrogen (secondary N) is 3. The molecule has 1 aromatic rings. The molecule has 1 atom stereocenters. The standard InChI is InChI=1S/C23H40N4O3.HI/c1-8-13-29-19-12-11-18(15-20(19)30-14-9-2)17(4)27-22(24-7)26-16-23(5,6)21(28)25-10-3;/h11-12,15,17H,8-10,13-14,16H2,1-7H3,(H,25,28)(H2,24,26,27);1H. The van der Waals surface area contributed by atoms with Crippen molar-refractivity contribution >= 4 is 35.8 Å². The highest BCUT2D eigenvalue weighted by molar-refractivity contribution is 14.0. The van der Waals surface area contributed by atoms with Gasteiger partial charge in [0.05, 0.1) is 24.7 Å². The van der Waals surface area contributed by atoms with Gasteiger partial charge in [0.25, 0.3) is 0 Å². The van der Waals surface area contributed by atoms with Gasteiger partial charge in [-0.1, -0.05) is 19.9 Å². The van der Waals surface area contributed by atoms with Gasteiger partial charge in [0, 0.05) is 20.1 Å². The first-order valence-electron chi connectivity index (χ1n) is 10.9. The van der Waals surface area contributed by atoms with Crippen LogP contribution in [0.3, 0.4) is 0 Å². The largest absolute Gasteiger partial charge is 0.490 e. The maximum absolute atomic E-state index is 12.2. The van der Waals surface area contributed by atoms with Crippen molar-refractivity contribution in [3.63, 3.8) is 0 Å². The summed E-state index contributed by atoms with van der Waals surface area (Å²) in [5, 5.41) is 9.52. The van der Waals surface area contributed by atoms with E-state index in [4.69, 9.17) is 9.47 Å². The van der Waals surface area contributed by atoms with Gasteiger partial charge in [-0.05, 0) is 58.2 Å². The van der Waals surface area contributed by atoms with Crippen LogP contribution in [0.25, 0.3) is 0 Å². The van der Waals surface area contributed by atoms with Gasteiger partial charge in [0.1, 0.15) is 0 Å². The summed E-state index contributed by atoms with van der Waals surface area (Å²) in [6, 6.07) is 6.01. The Balaban J connectivity index is 0.00000900. The predicted octanol–water partition coefficient (Wildman–Crippen LogP) is 4.27. The monoisotopic (exact) mass is 548 g/mol. The molecule has 0 aliphatic heterocycles. The maximum Gasteiger partial charge on any atom is 0.227 e. The number of carbonyl (C=O) groups is 1. The summed E-state index contributed by atoms with van der Waals surface area (Å²) in [5.41, 5.74) is 0.520. The number of nitrogens with zero attached hydrogens (tertiary/aromatic N) is 1. The van der Waals surface area contributed by atoms with Gasteiger partial charge in [-0.25, -0.2) is 0 Å². The first-order valence-corrected chi connectivity index (χ1v) is 10.9. The van der Waals surface area contributed by atoms with Crippen molar-refractivity contribution in [3.05, 3.63) is 23.8 Å². The van der Waals surface area contributed by atoms with Crippen molar-refractivity contribution < 1.29 is 14.3 Å². The second kappa shape index (κ2) is 15.2. The van der Waals surface area contributed by atoms with E-state index in [0.29, 0.717) is 32.3 Å². The molecule has 8 heteroatoms. The fraction of sp³-hybridized carbons (Fsp3) is 0.652. The first-order chi connectivity index (χ1) is 14.3. The lowest BCUT2D eigenvalue weighted by Gasteiger charge is -2.26. The molecule has 0 bridgehead atoms. The smallest absolute Gasteiger partial charge is 0.227 e. The van der Waals surface area contributed by atoms with Crippen LogP contribution in [-0.4, -0.2) is 45.2 Å². The highest BCUT2D eigenvalue weighted by atomic mass is 127. The highest BCUT2D eigenvalue weighted by Gasteiger charge is 2.27. The number of aliphatic imine (C=N–C) groups is 1. The Hall–Kier alpha value is -1.71. The topological polar surface area (TPSA) is 84.0 Å². The van der Waals surface area contributed by atoms with Crippen molar-refractivity contribution in [2.24, 2.45) is 10.4 Å². The number of guanidine groups is 1. The van der Waals surface area contributed by atoms with Crippen LogP contribution in [0.4, 0.5) is 0 Å². The molecule has 1 amide bonds. The van der Waals surface area contributed by atoms with Crippen molar-refractivity contribution in [2.75, 3.05) is 33.4 Å². The molecule has 0 radical (unpaired) electrons. The number of hydrogen-bond acceptors (Lipinski definition) is 4. The zero-order valence-corrected chi connectivity index (χ0v) is 22.5. The lowest BCUT2D eigenvalue weighted by molar-refractivity contribution is -0.128. The third kappa shape index (κ3) is 9.97. The predicted molar refractivity (Wildman–Crippen MR) is 139 cm³/mol. The number of amides is 1. The summed E-state index contributed by atoms with van der Waals surface area (Å²) < 4.78 is 11.7. The Morgan fingerprint density at radius 3 is 2.23 bits per heavy atom. The molecule has 3 N–H and O–H groups in total. The van der Waals surface area contributed by atoms with E-state index in [1.54, 1.807) is 7.05 Å². The van der Waals surface area contributed by atoms with Crippen LogP contribution in [0, 0.1) is 5.41 Å².